The van der Waals surface area contributed by atoms with Crippen LogP contribution >= 0.6 is 0 Å². The number of carbonyl (C=O) groups excluding carboxylic acids is 1. The zero-order valence-electron chi connectivity index (χ0n) is 5.55. The fourth-order valence-corrected chi connectivity index (χ4v) is 0.306. The number of methoxy groups -OCH3 is 1. The minimum Gasteiger partial charge on any atom is -0.466 e. The molecule has 9 heavy (non-hydrogen) atoms. The first-order valence-electron chi connectivity index (χ1n) is 2.56. The summed E-state index contributed by atoms with van der Waals surface area (Å²) in [7, 11) is 1.30. The standard InChI is InChI=1S/C6H10O3/c1-5(4-7)3-6(8)9-2/h3,7H,4H2,1-2H3/b5-3-. The van der Waals surface area contributed by atoms with Crippen molar-refractivity contribution in [1.29, 1.82) is 0 Å². The van der Waals surface area contributed by atoms with Gasteiger partial charge in [0.15, 0.2) is 0 Å². The van der Waals surface area contributed by atoms with Gasteiger partial charge < -0.3 is 9.84 Å². The van der Waals surface area contributed by atoms with Crippen LogP contribution in [0.4, 0.5) is 0 Å². The number of carbonyl (C=O) groups is 1. The molecule has 0 aromatic heterocycles. The summed E-state index contributed by atoms with van der Waals surface area (Å²) in [5, 5.41) is 8.40. The van der Waals surface area contributed by atoms with Crippen molar-refractivity contribution in [3.63, 3.8) is 0 Å². The topological polar surface area (TPSA) is 46.5 Å². The van der Waals surface area contributed by atoms with E-state index in [9.17, 15) is 4.79 Å². The van der Waals surface area contributed by atoms with Gasteiger partial charge in [0.25, 0.3) is 0 Å². The van der Waals surface area contributed by atoms with Crippen LogP contribution in [0, 0.1) is 0 Å². The predicted molar refractivity (Wildman–Crippen MR) is 32.9 cm³/mol. The highest BCUT2D eigenvalue weighted by Gasteiger charge is 1.92. The lowest BCUT2D eigenvalue weighted by Gasteiger charge is -1.92. The number of esters is 1. The number of hydrogen-bond donors (Lipinski definition) is 1. The van der Waals surface area contributed by atoms with Gasteiger partial charge in [-0.25, -0.2) is 4.79 Å². The van der Waals surface area contributed by atoms with Gasteiger partial charge in [0.05, 0.1) is 13.7 Å². The summed E-state index contributed by atoms with van der Waals surface area (Å²) in [4.78, 5) is 10.4. The Hall–Kier alpha value is -0.830. The minimum atomic E-state index is -0.429. The van der Waals surface area contributed by atoms with E-state index in [4.69, 9.17) is 5.11 Å². The van der Waals surface area contributed by atoms with Crippen LogP contribution in [0.3, 0.4) is 0 Å². The zero-order valence-corrected chi connectivity index (χ0v) is 5.55. The summed E-state index contributed by atoms with van der Waals surface area (Å²) in [5.41, 5.74) is 0.599. The van der Waals surface area contributed by atoms with Crippen LogP contribution in [0.5, 0.6) is 0 Å². The Balaban J connectivity index is 3.79. The fraction of sp³-hybridized carbons (Fsp3) is 0.500. The minimum absolute atomic E-state index is 0.102. The Labute approximate surface area is 53.9 Å². The first-order valence-corrected chi connectivity index (χ1v) is 2.56. The lowest BCUT2D eigenvalue weighted by molar-refractivity contribution is -0.134. The maximum absolute atomic E-state index is 10.4. The number of aliphatic hydroxyl groups is 1. The molecule has 3 heteroatoms. The maximum Gasteiger partial charge on any atom is 0.330 e. The molecule has 0 fully saturated rings. The quantitative estimate of drug-likeness (QED) is 0.426. The van der Waals surface area contributed by atoms with Crippen molar-refractivity contribution in [3.8, 4) is 0 Å². The van der Waals surface area contributed by atoms with Gasteiger partial charge in [-0.05, 0) is 12.5 Å². The Kier molecular flexibility index (Phi) is 3.71. The van der Waals surface area contributed by atoms with Crippen LogP contribution < -0.4 is 0 Å². The van der Waals surface area contributed by atoms with E-state index < -0.39 is 5.97 Å². The van der Waals surface area contributed by atoms with Crippen LogP contribution in [0.1, 0.15) is 6.92 Å². The lowest BCUT2D eigenvalue weighted by atomic mass is 10.3. The van der Waals surface area contributed by atoms with E-state index in [-0.39, 0.29) is 6.61 Å². The highest BCUT2D eigenvalue weighted by molar-refractivity contribution is 5.82. The smallest absolute Gasteiger partial charge is 0.330 e. The van der Waals surface area contributed by atoms with Gasteiger partial charge in [0.2, 0.25) is 0 Å². The molecule has 0 spiro atoms. The van der Waals surface area contributed by atoms with Crippen molar-refractivity contribution in [3.05, 3.63) is 11.6 Å². The van der Waals surface area contributed by atoms with Crippen molar-refractivity contribution < 1.29 is 14.6 Å². The number of aliphatic hydroxyl groups excluding tert-OH is 1. The lowest BCUT2D eigenvalue weighted by Crippen LogP contribution is -1.97. The molecule has 0 atom stereocenters. The van der Waals surface area contributed by atoms with Crippen LogP contribution in [0.25, 0.3) is 0 Å². The molecule has 0 bridgehead atoms. The van der Waals surface area contributed by atoms with Gasteiger partial charge in [-0.15, -0.1) is 0 Å². The van der Waals surface area contributed by atoms with Gasteiger partial charge in [0, 0.05) is 6.08 Å². The molecule has 0 radical (unpaired) electrons. The average molecular weight is 130 g/mol. The summed E-state index contributed by atoms with van der Waals surface area (Å²) in [6, 6.07) is 0. The first-order chi connectivity index (χ1) is 4.20. The van der Waals surface area contributed by atoms with Gasteiger partial charge in [-0.1, -0.05) is 0 Å². The average Bonchev–Trinajstić information content (AvgIpc) is 1.87. The third-order valence-corrected chi connectivity index (χ3v) is 0.815. The van der Waals surface area contributed by atoms with E-state index in [1.165, 1.54) is 13.2 Å². The Morgan fingerprint density at radius 1 is 1.78 bits per heavy atom. The zero-order chi connectivity index (χ0) is 7.28. The number of hydrogen-bond acceptors (Lipinski definition) is 3. The molecule has 0 aliphatic heterocycles. The molecule has 0 aromatic carbocycles. The maximum atomic E-state index is 10.4. The number of rotatable bonds is 2. The van der Waals surface area contributed by atoms with Crippen molar-refractivity contribution >= 4 is 5.97 Å². The molecular weight excluding hydrogens is 120 g/mol. The molecule has 0 aliphatic carbocycles. The molecule has 0 unspecified atom stereocenters. The molecule has 0 aliphatic rings. The second kappa shape index (κ2) is 4.09. The normalized spacial score (nSPS) is 11.2. The monoisotopic (exact) mass is 130 g/mol. The fourth-order valence-electron chi connectivity index (χ4n) is 0.306. The van der Waals surface area contributed by atoms with Crippen LogP contribution in [0.15, 0.2) is 11.6 Å². The van der Waals surface area contributed by atoms with E-state index in [1.807, 2.05) is 0 Å². The van der Waals surface area contributed by atoms with E-state index in [0.717, 1.165) is 0 Å². The molecule has 0 heterocycles. The SMILES string of the molecule is COC(=O)/C=C(/C)CO. The van der Waals surface area contributed by atoms with E-state index >= 15 is 0 Å². The molecule has 3 nitrogen and oxygen atoms in total. The van der Waals surface area contributed by atoms with Gasteiger partial charge in [0.1, 0.15) is 0 Å². The summed E-state index contributed by atoms with van der Waals surface area (Å²) < 4.78 is 4.30. The van der Waals surface area contributed by atoms with Crippen molar-refractivity contribution in [2.45, 2.75) is 6.92 Å². The van der Waals surface area contributed by atoms with Crippen molar-refractivity contribution in [2.75, 3.05) is 13.7 Å². The Morgan fingerprint density at radius 3 is 2.67 bits per heavy atom. The third kappa shape index (κ3) is 3.73. The Bertz CT molecular complexity index is 126. The van der Waals surface area contributed by atoms with Gasteiger partial charge in [-0.3, -0.25) is 0 Å². The van der Waals surface area contributed by atoms with Gasteiger partial charge in [-0.2, -0.15) is 0 Å². The summed E-state index contributed by atoms with van der Waals surface area (Å²) in [5.74, 6) is -0.429. The molecule has 0 saturated carbocycles. The predicted octanol–water partition coefficient (Wildman–Crippen LogP) is 0.0980. The number of ether oxygens (including phenoxy) is 1. The van der Waals surface area contributed by atoms with Crippen molar-refractivity contribution in [2.24, 2.45) is 0 Å². The van der Waals surface area contributed by atoms with E-state index in [0.29, 0.717) is 5.57 Å². The second-order valence-electron chi connectivity index (χ2n) is 1.67. The van der Waals surface area contributed by atoms with Crippen LogP contribution in [-0.2, 0) is 9.53 Å². The Morgan fingerprint density at radius 2 is 2.33 bits per heavy atom. The summed E-state index contributed by atoms with van der Waals surface area (Å²) in [6.07, 6.45) is 1.25. The highest BCUT2D eigenvalue weighted by atomic mass is 16.5. The van der Waals surface area contributed by atoms with Gasteiger partial charge >= 0.3 is 5.97 Å². The molecule has 0 saturated heterocycles. The van der Waals surface area contributed by atoms with Crippen molar-refractivity contribution in [1.82, 2.24) is 0 Å². The van der Waals surface area contributed by atoms with Crippen LogP contribution in [0.2, 0.25) is 0 Å². The van der Waals surface area contributed by atoms with E-state index in [1.54, 1.807) is 6.92 Å². The first kappa shape index (κ1) is 8.17. The summed E-state index contributed by atoms with van der Waals surface area (Å²) >= 11 is 0. The third-order valence-electron chi connectivity index (χ3n) is 0.815. The second-order valence-corrected chi connectivity index (χ2v) is 1.67. The molecule has 0 amide bonds. The van der Waals surface area contributed by atoms with Crippen LogP contribution in [-0.4, -0.2) is 24.8 Å². The summed E-state index contributed by atoms with van der Waals surface area (Å²) in [6.45, 7) is 1.55. The molecule has 0 rings (SSSR count). The molecule has 52 valence electrons. The molecule has 1 N–H and O–H groups in total. The molecule has 0 aromatic rings. The molecular formula is C6H10O3. The largest absolute Gasteiger partial charge is 0.466 e. The van der Waals surface area contributed by atoms with E-state index in [2.05, 4.69) is 4.74 Å². The highest BCUT2D eigenvalue weighted by Crippen LogP contribution is 1.89.